The fourth-order valence-electron chi connectivity index (χ4n) is 6.68. The molecule has 46 heavy (non-hydrogen) atoms. The second-order valence-corrected chi connectivity index (χ2v) is 14.1. The van der Waals surface area contributed by atoms with E-state index in [-0.39, 0.29) is 0 Å². The molecular formula is C44H73N2+. The summed E-state index contributed by atoms with van der Waals surface area (Å²) < 4.78 is 2.11. The van der Waals surface area contributed by atoms with Gasteiger partial charge in [0, 0.05) is 13.0 Å². The van der Waals surface area contributed by atoms with E-state index in [0.717, 1.165) is 18.5 Å². The van der Waals surface area contributed by atoms with E-state index in [1.165, 1.54) is 157 Å². The van der Waals surface area contributed by atoms with Gasteiger partial charge in [0.1, 0.15) is 5.69 Å². The first-order chi connectivity index (χ1) is 22.4. The maximum Gasteiger partial charge on any atom is 0.205 e. The molecule has 2 aromatic rings. The predicted molar refractivity (Wildman–Crippen MR) is 205 cm³/mol. The molecule has 2 aromatic carbocycles. The minimum Gasteiger partial charge on any atom is -0.0909 e. The molecule has 0 radical (unpaired) electrons. The summed E-state index contributed by atoms with van der Waals surface area (Å²) in [6, 6.07) is 12.2. The van der Waals surface area contributed by atoms with Crippen molar-refractivity contribution in [1.82, 2.24) is 0 Å². The van der Waals surface area contributed by atoms with Crippen molar-refractivity contribution in [2.24, 2.45) is 5.11 Å². The molecule has 0 aromatic heterocycles. The highest BCUT2D eigenvalue weighted by Crippen LogP contribution is 2.27. The van der Waals surface area contributed by atoms with Gasteiger partial charge in [0.2, 0.25) is 5.70 Å². The first kappa shape index (κ1) is 40.0. The molecule has 0 atom stereocenters. The summed E-state index contributed by atoms with van der Waals surface area (Å²) in [6.07, 6.45) is 32.1. The number of rotatable bonds is 26. The van der Waals surface area contributed by atoms with Crippen molar-refractivity contribution in [3.63, 3.8) is 0 Å². The average Bonchev–Trinajstić information content (AvgIpc) is 3.05. The first-order valence-electron chi connectivity index (χ1n) is 19.9. The van der Waals surface area contributed by atoms with Gasteiger partial charge in [-0.05, 0) is 115 Å². The highest BCUT2D eigenvalue weighted by molar-refractivity contribution is 5.56. The Labute approximate surface area is 286 Å². The smallest absolute Gasteiger partial charge is 0.0909 e. The zero-order valence-electron chi connectivity index (χ0n) is 31.6. The van der Waals surface area contributed by atoms with Crippen molar-refractivity contribution in [3.05, 3.63) is 69.4 Å². The summed E-state index contributed by atoms with van der Waals surface area (Å²) in [6.45, 7) is 13.8. The summed E-state index contributed by atoms with van der Waals surface area (Å²) in [5.74, 6) is 0. The summed E-state index contributed by atoms with van der Waals surface area (Å²) in [4.78, 5) is 0. The van der Waals surface area contributed by atoms with Crippen LogP contribution in [0, 0.1) is 0 Å². The normalized spacial score (nSPS) is 12.3. The third-order valence-corrected chi connectivity index (χ3v) is 9.66. The van der Waals surface area contributed by atoms with Gasteiger partial charge in [-0.1, -0.05) is 141 Å². The van der Waals surface area contributed by atoms with Gasteiger partial charge in [0.25, 0.3) is 0 Å². The molecule has 0 unspecified atom stereocenters. The second kappa shape index (κ2) is 24.9. The Morgan fingerprint density at radius 2 is 0.957 bits per heavy atom. The second-order valence-electron chi connectivity index (χ2n) is 14.1. The van der Waals surface area contributed by atoms with Crippen LogP contribution < -0.4 is 0 Å². The maximum absolute atomic E-state index is 5.15. The lowest BCUT2D eigenvalue weighted by molar-refractivity contribution is -0.510. The number of hydrogen-bond donors (Lipinski definition) is 0. The Kier molecular flexibility index (Phi) is 21.6. The van der Waals surface area contributed by atoms with Gasteiger partial charge in [0.15, 0.2) is 7.05 Å². The molecule has 258 valence electrons. The van der Waals surface area contributed by atoms with Crippen LogP contribution >= 0.6 is 0 Å². The molecule has 0 aliphatic carbocycles. The van der Waals surface area contributed by atoms with E-state index >= 15 is 0 Å². The van der Waals surface area contributed by atoms with E-state index in [2.05, 4.69) is 89.7 Å². The summed E-state index contributed by atoms with van der Waals surface area (Å²) in [5, 5.41) is 5.15. The maximum atomic E-state index is 5.15. The van der Waals surface area contributed by atoms with Crippen molar-refractivity contribution < 1.29 is 4.70 Å². The van der Waals surface area contributed by atoms with Crippen LogP contribution in [-0.2, 0) is 32.1 Å². The van der Waals surface area contributed by atoms with Gasteiger partial charge in [-0.15, -0.1) is 0 Å². The van der Waals surface area contributed by atoms with Crippen molar-refractivity contribution in [2.45, 2.75) is 189 Å². The first-order valence-corrected chi connectivity index (χ1v) is 19.9. The van der Waals surface area contributed by atoms with Crippen molar-refractivity contribution in [1.29, 1.82) is 0 Å². The van der Waals surface area contributed by atoms with Crippen LogP contribution in [0.25, 0.3) is 6.08 Å². The third-order valence-electron chi connectivity index (χ3n) is 9.66. The molecule has 0 N–H and O–H groups in total. The number of azo groups is 2. The topological polar surface area (TPSA) is 15.4 Å². The van der Waals surface area contributed by atoms with Crippen LogP contribution in [0.3, 0.4) is 0 Å². The Morgan fingerprint density at radius 1 is 0.522 bits per heavy atom. The summed E-state index contributed by atoms with van der Waals surface area (Å²) in [5.41, 5.74) is 11.5. The Morgan fingerprint density at radius 3 is 1.54 bits per heavy atom. The van der Waals surface area contributed by atoms with E-state index in [1.54, 1.807) is 16.7 Å². The summed E-state index contributed by atoms with van der Waals surface area (Å²) in [7, 11) is 2.13. The van der Waals surface area contributed by atoms with Crippen molar-refractivity contribution in [3.8, 4) is 0 Å². The molecule has 0 saturated carbocycles. The lowest BCUT2D eigenvalue weighted by Gasteiger charge is -2.17. The number of aryl methyl sites for hydroxylation is 4. The number of nitrogens with zero attached hydrogens (tertiary/aromatic N) is 2. The number of hydrogen-bond acceptors (Lipinski definition) is 1. The fourth-order valence-corrected chi connectivity index (χ4v) is 6.68. The zero-order chi connectivity index (χ0) is 33.4. The molecule has 2 nitrogen and oxygen atoms in total. The Balaban J connectivity index is 2.38. The molecule has 0 aliphatic heterocycles. The van der Waals surface area contributed by atoms with Crippen LogP contribution in [0.15, 0.2) is 41.1 Å². The van der Waals surface area contributed by atoms with Gasteiger partial charge in [-0.25, -0.2) is 0 Å². The van der Waals surface area contributed by atoms with Crippen molar-refractivity contribution >= 4 is 11.8 Å². The molecule has 0 bridgehead atoms. The van der Waals surface area contributed by atoms with Crippen molar-refractivity contribution in [2.75, 3.05) is 7.05 Å². The van der Waals surface area contributed by atoms with E-state index in [4.69, 9.17) is 5.11 Å². The number of unbranched alkanes of at least 4 members (excludes halogenated alkanes) is 13. The van der Waals surface area contributed by atoms with E-state index in [1.807, 2.05) is 0 Å². The molecular weight excluding hydrogens is 556 g/mol. The zero-order valence-corrected chi connectivity index (χ0v) is 31.6. The lowest BCUT2D eigenvalue weighted by Crippen LogP contribution is -2.04. The minimum absolute atomic E-state index is 1.10. The fraction of sp³-hybridized carbons (Fsp3) is 0.682. The monoisotopic (exact) mass is 630 g/mol. The van der Waals surface area contributed by atoms with Crippen LogP contribution in [0.1, 0.15) is 190 Å². The van der Waals surface area contributed by atoms with Gasteiger partial charge in [0.05, 0.1) is 0 Å². The lowest BCUT2D eigenvalue weighted by atomic mass is 9.88. The molecule has 0 heterocycles. The molecule has 0 fully saturated rings. The average molecular weight is 630 g/mol. The quantitative estimate of drug-likeness (QED) is 0.0559. The number of benzene rings is 2. The molecule has 0 amide bonds. The highest BCUT2D eigenvalue weighted by Gasteiger charge is 2.13. The largest absolute Gasteiger partial charge is 0.205 e. The SMILES string of the molecule is CCCCCCCCc1c(CCCC)cc(C=C(C)[N+](C)=Nc2cc(CCCC)cc(CCCCCC)c2)cc1CCCCCC. The van der Waals surface area contributed by atoms with E-state index in [9.17, 15) is 0 Å². The molecule has 2 heteroatoms. The Hall–Kier alpha value is -2.22. The third kappa shape index (κ3) is 16.1. The standard InChI is InChI=1S/C44H73N2/c1-8-13-18-21-22-25-30-44-41(28-17-12-5)33-40(34-42(44)29-24-20-15-10-3)31-37(6)46(7)45-43-35-38(26-16-11-4)32-39(36-43)27-23-19-14-9-2/h31-36H,8-30H2,1-7H3/q+1. The Bertz CT molecular complexity index is 1150. The molecule has 0 saturated heterocycles. The molecule has 0 spiro atoms. The van der Waals surface area contributed by atoms with Gasteiger partial charge in [-0.3, -0.25) is 0 Å². The van der Waals surface area contributed by atoms with Gasteiger partial charge >= 0.3 is 0 Å². The van der Waals surface area contributed by atoms with Crippen LogP contribution in [-0.4, -0.2) is 11.7 Å². The van der Waals surface area contributed by atoms with Gasteiger partial charge < -0.3 is 0 Å². The van der Waals surface area contributed by atoms with E-state index < -0.39 is 0 Å². The molecule has 0 aliphatic rings. The van der Waals surface area contributed by atoms with Crippen LogP contribution in [0.2, 0.25) is 0 Å². The number of allylic oxidation sites excluding steroid dienone is 1. The van der Waals surface area contributed by atoms with Gasteiger partial charge in [-0.2, -0.15) is 0 Å². The molecule has 2 rings (SSSR count). The predicted octanol–water partition coefficient (Wildman–Crippen LogP) is 14.3. The van der Waals surface area contributed by atoms with Crippen LogP contribution in [0.4, 0.5) is 5.69 Å². The van der Waals surface area contributed by atoms with Crippen LogP contribution in [0.5, 0.6) is 0 Å². The highest BCUT2D eigenvalue weighted by atomic mass is 15.2. The minimum atomic E-state index is 1.10. The van der Waals surface area contributed by atoms with E-state index in [0.29, 0.717) is 0 Å². The summed E-state index contributed by atoms with van der Waals surface area (Å²) >= 11 is 0.